The Morgan fingerprint density at radius 3 is 2.47 bits per heavy atom. The average Bonchev–Trinajstić information content (AvgIpc) is 3.26. The molecular weight excluding hydrogens is 404 g/mol. The molecule has 2 aromatic carbocycles. The van der Waals surface area contributed by atoms with E-state index in [2.05, 4.69) is 30.2 Å². The van der Waals surface area contributed by atoms with Gasteiger partial charge < -0.3 is 24.7 Å². The lowest BCUT2D eigenvalue weighted by Gasteiger charge is -2.33. The molecular formula is C25H32N4O3. The van der Waals surface area contributed by atoms with E-state index in [0.29, 0.717) is 30.5 Å². The number of para-hydroxylation sites is 2. The summed E-state index contributed by atoms with van der Waals surface area (Å²) in [4.78, 5) is 23.2. The lowest BCUT2D eigenvalue weighted by Crippen LogP contribution is -2.46. The summed E-state index contributed by atoms with van der Waals surface area (Å²) in [6, 6.07) is 13.8. The number of imidazole rings is 1. The number of aromatic nitrogens is 2. The standard InChI is InChI=1S/C25H32N4O3/c1-16(2)23(18-9-10-21(31-3)22(15-18)32-4)28-25(30)29-13-11-17(12-14-29)24-26-19-7-5-6-8-20(19)27-24/h5-10,15-17,23H,11-14H2,1-4H3,(H,26,27)(H,28,30)/t23-/m0/s1. The van der Waals surface area contributed by atoms with Crippen molar-refractivity contribution < 1.29 is 14.3 Å². The quantitative estimate of drug-likeness (QED) is 0.578. The van der Waals surface area contributed by atoms with Gasteiger partial charge in [-0.2, -0.15) is 0 Å². The van der Waals surface area contributed by atoms with Gasteiger partial charge in [-0.25, -0.2) is 9.78 Å². The van der Waals surface area contributed by atoms with E-state index in [0.717, 1.165) is 35.3 Å². The summed E-state index contributed by atoms with van der Waals surface area (Å²) in [5.74, 6) is 2.94. The number of ether oxygens (including phenoxy) is 2. The molecule has 0 bridgehead atoms. The third-order valence-electron chi connectivity index (χ3n) is 6.29. The summed E-state index contributed by atoms with van der Waals surface area (Å²) in [5, 5.41) is 3.23. The Labute approximate surface area is 189 Å². The number of amides is 2. The molecule has 7 nitrogen and oxygen atoms in total. The second kappa shape index (κ2) is 9.51. The van der Waals surface area contributed by atoms with Gasteiger partial charge in [0.2, 0.25) is 0 Å². The van der Waals surface area contributed by atoms with Gasteiger partial charge in [-0.1, -0.05) is 32.0 Å². The van der Waals surface area contributed by atoms with E-state index in [1.54, 1.807) is 14.2 Å². The smallest absolute Gasteiger partial charge is 0.317 e. The SMILES string of the molecule is COc1ccc([C@@H](NC(=O)N2CCC(c3nc4ccccc4[nH]3)CC2)C(C)C)cc1OC. The largest absolute Gasteiger partial charge is 0.493 e. The van der Waals surface area contributed by atoms with E-state index in [-0.39, 0.29) is 18.0 Å². The van der Waals surface area contributed by atoms with Crippen LogP contribution in [-0.2, 0) is 0 Å². The highest BCUT2D eigenvalue weighted by Crippen LogP contribution is 2.33. The molecule has 0 aliphatic carbocycles. The summed E-state index contributed by atoms with van der Waals surface area (Å²) in [6.45, 7) is 5.64. The van der Waals surface area contributed by atoms with Crippen LogP contribution in [-0.4, -0.2) is 48.2 Å². The molecule has 1 aromatic heterocycles. The number of benzene rings is 2. The van der Waals surface area contributed by atoms with Crippen LogP contribution in [0.1, 0.15) is 50.0 Å². The van der Waals surface area contributed by atoms with Gasteiger partial charge in [0.25, 0.3) is 0 Å². The molecule has 2 amide bonds. The van der Waals surface area contributed by atoms with Crippen molar-refractivity contribution in [3.05, 3.63) is 53.9 Å². The van der Waals surface area contributed by atoms with Crippen LogP contribution < -0.4 is 14.8 Å². The van der Waals surface area contributed by atoms with Gasteiger partial charge in [0, 0.05) is 19.0 Å². The molecule has 1 atom stereocenters. The first-order valence-electron chi connectivity index (χ1n) is 11.2. The Morgan fingerprint density at radius 2 is 1.81 bits per heavy atom. The minimum Gasteiger partial charge on any atom is -0.493 e. The molecule has 1 saturated heterocycles. The van der Waals surface area contributed by atoms with Gasteiger partial charge in [-0.15, -0.1) is 0 Å². The van der Waals surface area contributed by atoms with Crippen LogP contribution in [0.25, 0.3) is 11.0 Å². The number of fused-ring (bicyclic) bond motifs is 1. The number of methoxy groups -OCH3 is 2. The zero-order valence-corrected chi connectivity index (χ0v) is 19.2. The van der Waals surface area contributed by atoms with Crippen molar-refractivity contribution >= 4 is 17.1 Å². The maximum absolute atomic E-state index is 13.1. The molecule has 2 N–H and O–H groups in total. The Hall–Kier alpha value is -3.22. The lowest BCUT2D eigenvalue weighted by molar-refractivity contribution is 0.173. The fourth-order valence-electron chi connectivity index (χ4n) is 4.43. The number of carbonyl (C=O) groups excluding carboxylic acids is 1. The van der Waals surface area contributed by atoms with Crippen LogP contribution in [0.3, 0.4) is 0 Å². The number of likely N-dealkylation sites (tertiary alicyclic amines) is 1. The van der Waals surface area contributed by atoms with Gasteiger partial charge in [0.1, 0.15) is 5.82 Å². The minimum atomic E-state index is -0.115. The fraction of sp³-hybridized carbons (Fsp3) is 0.440. The number of hydrogen-bond donors (Lipinski definition) is 2. The molecule has 0 radical (unpaired) electrons. The summed E-state index contributed by atoms with van der Waals surface area (Å²) in [7, 11) is 3.24. The first-order valence-corrected chi connectivity index (χ1v) is 11.2. The van der Waals surface area contributed by atoms with Crippen molar-refractivity contribution in [2.24, 2.45) is 5.92 Å². The molecule has 1 fully saturated rings. The molecule has 3 aromatic rings. The van der Waals surface area contributed by atoms with E-state index in [1.165, 1.54) is 0 Å². The molecule has 0 spiro atoms. The monoisotopic (exact) mass is 436 g/mol. The van der Waals surface area contributed by atoms with E-state index in [9.17, 15) is 4.79 Å². The number of carbonyl (C=O) groups is 1. The van der Waals surface area contributed by atoms with E-state index in [1.807, 2.05) is 41.3 Å². The molecule has 1 aliphatic heterocycles. The van der Waals surface area contributed by atoms with E-state index >= 15 is 0 Å². The molecule has 32 heavy (non-hydrogen) atoms. The molecule has 0 saturated carbocycles. The normalized spacial score (nSPS) is 15.7. The zero-order valence-electron chi connectivity index (χ0n) is 19.2. The summed E-state index contributed by atoms with van der Waals surface area (Å²) >= 11 is 0. The highest BCUT2D eigenvalue weighted by atomic mass is 16.5. The number of hydrogen-bond acceptors (Lipinski definition) is 4. The second-order valence-corrected chi connectivity index (χ2v) is 8.69. The van der Waals surface area contributed by atoms with Gasteiger partial charge in [0.05, 0.1) is 31.3 Å². The topological polar surface area (TPSA) is 79.5 Å². The van der Waals surface area contributed by atoms with Crippen molar-refractivity contribution in [1.82, 2.24) is 20.2 Å². The molecule has 1 aliphatic rings. The maximum atomic E-state index is 13.1. The first-order chi connectivity index (χ1) is 15.5. The van der Waals surface area contributed by atoms with Crippen molar-refractivity contribution in [3.8, 4) is 11.5 Å². The van der Waals surface area contributed by atoms with Crippen LogP contribution in [0, 0.1) is 5.92 Å². The predicted octanol–water partition coefficient (Wildman–Crippen LogP) is 4.87. The fourth-order valence-corrected chi connectivity index (χ4v) is 4.43. The third kappa shape index (κ3) is 4.52. The first kappa shape index (κ1) is 22.0. The number of nitrogens with zero attached hydrogens (tertiary/aromatic N) is 2. The Bertz CT molecular complexity index is 1040. The molecule has 7 heteroatoms. The zero-order chi connectivity index (χ0) is 22.7. The van der Waals surface area contributed by atoms with Crippen LogP contribution in [0.15, 0.2) is 42.5 Å². The van der Waals surface area contributed by atoms with Gasteiger partial charge in [-0.3, -0.25) is 0 Å². The van der Waals surface area contributed by atoms with E-state index in [4.69, 9.17) is 14.5 Å². The number of nitrogens with one attached hydrogen (secondary N) is 2. The second-order valence-electron chi connectivity index (χ2n) is 8.69. The van der Waals surface area contributed by atoms with Gasteiger partial charge >= 0.3 is 6.03 Å². The lowest BCUT2D eigenvalue weighted by atomic mass is 9.95. The molecule has 0 unspecified atom stereocenters. The molecule has 170 valence electrons. The Kier molecular flexibility index (Phi) is 6.53. The summed E-state index contributed by atoms with van der Waals surface area (Å²) < 4.78 is 10.8. The average molecular weight is 437 g/mol. The molecule has 2 heterocycles. The van der Waals surface area contributed by atoms with Crippen LogP contribution in [0.2, 0.25) is 0 Å². The number of rotatable bonds is 6. The summed E-state index contributed by atoms with van der Waals surface area (Å²) in [5.41, 5.74) is 3.07. The summed E-state index contributed by atoms with van der Waals surface area (Å²) in [6.07, 6.45) is 1.80. The number of aromatic amines is 1. The Balaban J connectivity index is 1.40. The number of urea groups is 1. The minimum absolute atomic E-state index is 0.0264. The highest BCUT2D eigenvalue weighted by molar-refractivity contribution is 5.76. The van der Waals surface area contributed by atoms with Gasteiger partial charge in [-0.05, 0) is 48.6 Å². The van der Waals surface area contributed by atoms with E-state index < -0.39 is 0 Å². The Morgan fingerprint density at radius 1 is 1.09 bits per heavy atom. The van der Waals surface area contributed by atoms with Crippen LogP contribution in [0.5, 0.6) is 11.5 Å². The van der Waals surface area contributed by atoms with Crippen molar-refractivity contribution in [2.75, 3.05) is 27.3 Å². The van der Waals surface area contributed by atoms with Crippen molar-refractivity contribution in [3.63, 3.8) is 0 Å². The molecule has 4 rings (SSSR count). The predicted molar refractivity (Wildman–Crippen MR) is 125 cm³/mol. The van der Waals surface area contributed by atoms with Crippen LogP contribution in [0.4, 0.5) is 4.79 Å². The maximum Gasteiger partial charge on any atom is 0.317 e. The number of H-pyrrole nitrogens is 1. The van der Waals surface area contributed by atoms with Gasteiger partial charge in [0.15, 0.2) is 11.5 Å². The third-order valence-corrected chi connectivity index (χ3v) is 6.29. The van der Waals surface area contributed by atoms with Crippen LogP contribution >= 0.6 is 0 Å². The van der Waals surface area contributed by atoms with Crippen molar-refractivity contribution in [2.45, 2.75) is 38.6 Å². The van der Waals surface area contributed by atoms with Crippen molar-refractivity contribution in [1.29, 1.82) is 0 Å². The highest BCUT2D eigenvalue weighted by Gasteiger charge is 2.28. The number of piperidine rings is 1.